The van der Waals surface area contributed by atoms with E-state index in [-0.39, 0.29) is 5.60 Å². The Bertz CT molecular complexity index is 779. The van der Waals surface area contributed by atoms with Crippen molar-refractivity contribution in [3.8, 4) is 5.75 Å². The Labute approximate surface area is 176 Å². The molecule has 2 rings (SSSR count). The van der Waals surface area contributed by atoms with E-state index in [1.807, 2.05) is 52.0 Å². The number of para-hydroxylation sites is 1. The molecule has 7 nitrogen and oxygen atoms in total. The number of piperidine rings is 1. The second-order valence-electron chi connectivity index (χ2n) is 8.50. The van der Waals surface area contributed by atoms with Crippen molar-refractivity contribution in [1.82, 2.24) is 14.9 Å². The van der Waals surface area contributed by atoms with E-state index in [2.05, 4.69) is 10.6 Å². The summed E-state index contributed by atoms with van der Waals surface area (Å²) in [6, 6.07) is 7.98. The summed E-state index contributed by atoms with van der Waals surface area (Å²) in [7, 11) is -3.08. The number of hydrogen-bond acceptors (Lipinski definition) is 4. The molecule has 0 unspecified atom stereocenters. The number of aliphatic imine (C=N–C) groups is 1. The van der Waals surface area contributed by atoms with Crippen LogP contribution in [0.25, 0.3) is 0 Å². The molecular weight excluding hydrogens is 388 g/mol. The van der Waals surface area contributed by atoms with Crippen molar-refractivity contribution in [2.45, 2.75) is 52.7 Å². The van der Waals surface area contributed by atoms with Crippen molar-refractivity contribution in [3.05, 3.63) is 29.8 Å². The largest absolute Gasteiger partial charge is 0.488 e. The summed E-state index contributed by atoms with van der Waals surface area (Å²) in [5.41, 5.74) is 0.782. The van der Waals surface area contributed by atoms with Crippen molar-refractivity contribution in [3.63, 3.8) is 0 Å². The third-order valence-electron chi connectivity index (χ3n) is 4.74. The van der Waals surface area contributed by atoms with Crippen LogP contribution in [0.1, 0.15) is 46.1 Å². The van der Waals surface area contributed by atoms with Gasteiger partial charge in [0.15, 0.2) is 5.96 Å². The molecule has 1 aliphatic rings. The van der Waals surface area contributed by atoms with Gasteiger partial charge < -0.3 is 15.4 Å². The summed E-state index contributed by atoms with van der Waals surface area (Å²) in [4.78, 5) is 4.72. The summed E-state index contributed by atoms with van der Waals surface area (Å²) in [5.74, 6) is 2.06. The molecule has 1 aliphatic heterocycles. The van der Waals surface area contributed by atoms with Gasteiger partial charge in [0.25, 0.3) is 0 Å². The van der Waals surface area contributed by atoms with E-state index >= 15 is 0 Å². The van der Waals surface area contributed by atoms with Gasteiger partial charge in [-0.3, -0.25) is 0 Å². The van der Waals surface area contributed by atoms with Gasteiger partial charge in [-0.25, -0.2) is 17.7 Å². The smallest absolute Gasteiger partial charge is 0.211 e. The minimum atomic E-state index is -3.08. The summed E-state index contributed by atoms with van der Waals surface area (Å²) in [5, 5.41) is 6.70. The van der Waals surface area contributed by atoms with Crippen molar-refractivity contribution in [1.29, 1.82) is 0 Å². The molecule has 1 heterocycles. The Morgan fingerprint density at radius 1 is 1.21 bits per heavy atom. The molecule has 0 radical (unpaired) electrons. The van der Waals surface area contributed by atoms with Crippen LogP contribution in [0.2, 0.25) is 0 Å². The molecule has 0 atom stereocenters. The summed E-state index contributed by atoms with van der Waals surface area (Å²) < 4.78 is 30.9. The Morgan fingerprint density at radius 2 is 1.86 bits per heavy atom. The number of sulfonamides is 1. The highest BCUT2D eigenvalue weighted by Crippen LogP contribution is 2.23. The van der Waals surface area contributed by atoms with Crippen molar-refractivity contribution in [2.75, 3.05) is 32.4 Å². The van der Waals surface area contributed by atoms with Crippen LogP contribution in [0.5, 0.6) is 5.75 Å². The number of rotatable bonds is 7. The first-order valence-electron chi connectivity index (χ1n) is 10.3. The van der Waals surface area contributed by atoms with Gasteiger partial charge in [-0.2, -0.15) is 0 Å². The molecule has 8 heteroatoms. The quantitative estimate of drug-likeness (QED) is 0.519. The molecule has 29 heavy (non-hydrogen) atoms. The van der Waals surface area contributed by atoms with Crippen molar-refractivity contribution < 1.29 is 13.2 Å². The molecule has 1 fully saturated rings. The number of nitrogens with zero attached hydrogens (tertiary/aromatic N) is 2. The maximum absolute atomic E-state index is 11.6. The third-order valence-corrected chi connectivity index (χ3v) is 6.04. The van der Waals surface area contributed by atoms with Gasteiger partial charge in [0.05, 0.1) is 12.8 Å². The molecular formula is C21H36N4O3S. The molecule has 2 N–H and O–H groups in total. The maximum atomic E-state index is 11.6. The molecule has 0 saturated carbocycles. The zero-order valence-electron chi connectivity index (χ0n) is 18.4. The topological polar surface area (TPSA) is 83.0 Å². The van der Waals surface area contributed by atoms with Crippen LogP contribution in [0, 0.1) is 5.92 Å². The lowest BCUT2D eigenvalue weighted by Gasteiger charge is -2.30. The molecule has 0 amide bonds. The van der Waals surface area contributed by atoms with Crippen LogP contribution in [0.3, 0.4) is 0 Å². The molecule has 1 saturated heterocycles. The third kappa shape index (κ3) is 8.22. The standard InChI is InChI=1S/C21H36N4O3S/c1-6-22-20(23-15-17-11-13-25(14-12-17)29(5,26)27)24-16-18-9-7-8-10-19(18)28-21(2,3)4/h7-10,17H,6,11-16H2,1-5H3,(H2,22,23,24). The zero-order valence-corrected chi connectivity index (χ0v) is 19.2. The highest BCUT2D eigenvalue weighted by atomic mass is 32.2. The summed E-state index contributed by atoms with van der Waals surface area (Å²) in [6.45, 7) is 11.4. The molecule has 0 aromatic heterocycles. The van der Waals surface area contributed by atoms with E-state index in [4.69, 9.17) is 9.73 Å². The number of hydrogen-bond donors (Lipinski definition) is 2. The maximum Gasteiger partial charge on any atom is 0.211 e. The van der Waals surface area contributed by atoms with E-state index in [0.29, 0.717) is 25.6 Å². The fourth-order valence-corrected chi connectivity index (χ4v) is 4.13. The van der Waals surface area contributed by atoms with E-state index in [0.717, 1.165) is 43.2 Å². The zero-order chi connectivity index (χ0) is 21.5. The monoisotopic (exact) mass is 424 g/mol. The Hall–Kier alpha value is -1.80. The van der Waals surface area contributed by atoms with Gasteiger partial charge in [0.1, 0.15) is 11.4 Å². The highest BCUT2D eigenvalue weighted by Gasteiger charge is 2.24. The minimum absolute atomic E-state index is 0.261. The van der Waals surface area contributed by atoms with Gasteiger partial charge >= 0.3 is 0 Å². The van der Waals surface area contributed by atoms with Gasteiger partial charge in [-0.05, 0) is 52.5 Å². The fraction of sp³-hybridized carbons (Fsp3) is 0.667. The SMILES string of the molecule is CCNC(=NCc1ccccc1OC(C)(C)C)NCC1CCN(S(C)(=O)=O)CC1. The van der Waals surface area contributed by atoms with Crippen molar-refractivity contribution >= 4 is 16.0 Å². The molecule has 164 valence electrons. The molecule has 0 bridgehead atoms. The van der Waals surface area contributed by atoms with Crippen LogP contribution in [0.15, 0.2) is 29.3 Å². The first-order valence-corrected chi connectivity index (χ1v) is 12.2. The average Bonchev–Trinajstić information content (AvgIpc) is 2.63. The summed E-state index contributed by atoms with van der Waals surface area (Å²) >= 11 is 0. The fourth-order valence-electron chi connectivity index (χ4n) is 3.26. The number of ether oxygens (including phenoxy) is 1. The molecule has 1 aromatic carbocycles. The van der Waals surface area contributed by atoms with Crippen LogP contribution >= 0.6 is 0 Å². The minimum Gasteiger partial charge on any atom is -0.488 e. The lowest BCUT2D eigenvalue weighted by atomic mass is 9.98. The molecule has 0 aliphatic carbocycles. The van der Waals surface area contributed by atoms with E-state index in [1.165, 1.54) is 6.26 Å². The van der Waals surface area contributed by atoms with E-state index < -0.39 is 10.0 Å². The van der Waals surface area contributed by atoms with Gasteiger partial charge in [0.2, 0.25) is 10.0 Å². The molecule has 0 spiro atoms. The van der Waals surface area contributed by atoms with Crippen molar-refractivity contribution in [2.24, 2.45) is 10.9 Å². The number of guanidine groups is 1. The van der Waals surface area contributed by atoms with Gasteiger partial charge in [-0.1, -0.05) is 18.2 Å². The van der Waals surface area contributed by atoms with E-state index in [1.54, 1.807) is 4.31 Å². The van der Waals surface area contributed by atoms with Crippen LogP contribution in [-0.4, -0.2) is 56.7 Å². The predicted molar refractivity (Wildman–Crippen MR) is 119 cm³/mol. The molecule has 1 aromatic rings. The number of benzene rings is 1. The average molecular weight is 425 g/mol. The Kier molecular flexibility index (Phi) is 8.34. The lowest BCUT2D eigenvalue weighted by molar-refractivity contribution is 0.129. The Balaban J connectivity index is 1.94. The normalized spacial score (nSPS) is 17.2. The predicted octanol–water partition coefficient (Wildman–Crippen LogP) is 2.59. The number of nitrogens with one attached hydrogen (secondary N) is 2. The second kappa shape index (κ2) is 10.3. The first kappa shape index (κ1) is 23.5. The van der Waals surface area contributed by atoms with Gasteiger partial charge in [-0.15, -0.1) is 0 Å². The first-order chi connectivity index (χ1) is 13.6. The lowest BCUT2D eigenvalue weighted by Crippen LogP contribution is -2.44. The second-order valence-corrected chi connectivity index (χ2v) is 10.5. The van der Waals surface area contributed by atoms with Gasteiger partial charge in [0, 0.05) is 31.7 Å². The van der Waals surface area contributed by atoms with Crippen LogP contribution < -0.4 is 15.4 Å². The van der Waals surface area contributed by atoms with E-state index in [9.17, 15) is 8.42 Å². The summed E-state index contributed by atoms with van der Waals surface area (Å²) in [6.07, 6.45) is 3.01. The van der Waals surface area contributed by atoms with Crippen LogP contribution in [0.4, 0.5) is 0 Å². The highest BCUT2D eigenvalue weighted by molar-refractivity contribution is 7.88. The Morgan fingerprint density at radius 3 is 2.45 bits per heavy atom. The van der Waals surface area contributed by atoms with Crippen LogP contribution in [-0.2, 0) is 16.6 Å².